The fourth-order valence-corrected chi connectivity index (χ4v) is 3.24. The number of para-hydroxylation sites is 2. The minimum atomic E-state index is -0.559. The SMILES string of the molecule is NC(=O)COc1cccc(C(=O)Nc2ccccc2N2CCCCCC2)c1. The number of rotatable bonds is 6. The molecule has 1 saturated heterocycles. The largest absolute Gasteiger partial charge is 0.484 e. The van der Waals surface area contributed by atoms with E-state index in [0.29, 0.717) is 11.3 Å². The van der Waals surface area contributed by atoms with Crippen LogP contribution in [-0.4, -0.2) is 31.5 Å². The van der Waals surface area contributed by atoms with Gasteiger partial charge in [-0.2, -0.15) is 0 Å². The van der Waals surface area contributed by atoms with Crippen molar-refractivity contribution in [2.75, 3.05) is 29.9 Å². The molecule has 0 bridgehead atoms. The van der Waals surface area contributed by atoms with Crippen molar-refractivity contribution in [3.8, 4) is 5.75 Å². The molecule has 0 aliphatic carbocycles. The Morgan fingerprint density at radius 1 is 1.00 bits per heavy atom. The molecule has 3 rings (SSSR count). The molecule has 6 heteroatoms. The van der Waals surface area contributed by atoms with E-state index in [1.807, 2.05) is 24.3 Å². The number of primary amides is 1. The zero-order chi connectivity index (χ0) is 19.1. The number of benzene rings is 2. The molecule has 1 fully saturated rings. The molecule has 0 atom stereocenters. The third-order valence-corrected chi connectivity index (χ3v) is 4.58. The van der Waals surface area contributed by atoms with Crippen LogP contribution in [0.3, 0.4) is 0 Å². The van der Waals surface area contributed by atoms with Crippen LogP contribution in [0.1, 0.15) is 36.0 Å². The van der Waals surface area contributed by atoms with Gasteiger partial charge >= 0.3 is 0 Å². The Kier molecular flexibility index (Phi) is 6.30. The van der Waals surface area contributed by atoms with Crippen LogP contribution in [0.15, 0.2) is 48.5 Å². The van der Waals surface area contributed by atoms with Crippen LogP contribution in [0.4, 0.5) is 11.4 Å². The fraction of sp³-hybridized carbons (Fsp3) is 0.333. The molecule has 142 valence electrons. The van der Waals surface area contributed by atoms with E-state index in [-0.39, 0.29) is 12.5 Å². The van der Waals surface area contributed by atoms with Crippen molar-refractivity contribution in [1.29, 1.82) is 0 Å². The Bertz CT molecular complexity index is 799. The average Bonchev–Trinajstić information content (AvgIpc) is 2.96. The molecule has 2 aromatic rings. The highest BCUT2D eigenvalue weighted by molar-refractivity contribution is 6.06. The summed E-state index contributed by atoms with van der Waals surface area (Å²) < 4.78 is 5.28. The van der Waals surface area contributed by atoms with Gasteiger partial charge in [0.05, 0.1) is 11.4 Å². The van der Waals surface area contributed by atoms with Crippen LogP contribution in [0.2, 0.25) is 0 Å². The van der Waals surface area contributed by atoms with Gasteiger partial charge in [0.2, 0.25) is 0 Å². The van der Waals surface area contributed by atoms with Crippen molar-refractivity contribution >= 4 is 23.2 Å². The van der Waals surface area contributed by atoms with Crippen molar-refractivity contribution in [2.24, 2.45) is 5.73 Å². The molecule has 0 spiro atoms. The maximum Gasteiger partial charge on any atom is 0.255 e. The fourth-order valence-electron chi connectivity index (χ4n) is 3.24. The number of hydrogen-bond acceptors (Lipinski definition) is 4. The number of nitrogens with two attached hydrogens (primary N) is 1. The third-order valence-electron chi connectivity index (χ3n) is 4.58. The Morgan fingerprint density at radius 3 is 2.48 bits per heavy atom. The Hall–Kier alpha value is -3.02. The molecule has 1 aliphatic heterocycles. The summed E-state index contributed by atoms with van der Waals surface area (Å²) in [5, 5.41) is 3.01. The number of carbonyl (C=O) groups is 2. The predicted molar refractivity (Wildman–Crippen MR) is 106 cm³/mol. The second-order valence-corrected chi connectivity index (χ2v) is 6.66. The highest BCUT2D eigenvalue weighted by atomic mass is 16.5. The standard InChI is InChI=1S/C21H25N3O3/c22-20(25)15-27-17-9-7-8-16(14-17)21(26)23-18-10-3-4-11-19(18)24-12-5-1-2-6-13-24/h3-4,7-11,14H,1-2,5-6,12-13,15H2,(H2,22,25)(H,23,26). The van der Waals surface area contributed by atoms with Gasteiger partial charge in [-0.1, -0.05) is 31.0 Å². The number of ether oxygens (including phenoxy) is 1. The van der Waals surface area contributed by atoms with Crippen molar-refractivity contribution < 1.29 is 14.3 Å². The minimum absolute atomic E-state index is 0.219. The molecule has 2 amide bonds. The van der Waals surface area contributed by atoms with Gasteiger partial charge in [0.25, 0.3) is 11.8 Å². The maximum atomic E-state index is 12.7. The first-order valence-electron chi connectivity index (χ1n) is 9.30. The van der Waals surface area contributed by atoms with E-state index in [9.17, 15) is 9.59 Å². The zero-order valence-corrected chi connectivity index (χ0v) is 15.3. The summed E-state index contributed by atoms with van der Waals surface area (Å²) in [5.74, 6) is -0.347. The van der Waals surface area contributed by atoms with E-state index < -0.39 is 5.91 Å². The van der Waals surface area contributed by atoms with Crippen molar-refractivity contribution in [3.05, 3.63) is 54.1 Å². The normalized spacial score (nSPS) is 14.3. The molecule has 0 unspecified atom stereocenters. The van der Waals surface area contributed by atoms with Gasteiger partial charge in [0.1, 0.15) is 5.75 Å². The van der Waals surface area contributed by atoms with Crippen LogP contribution < -0.4 is 20.7 Å². The van der Waals surface area contributed by atoms with E-state index >= 15 is 0 Å². The van der Waals surface area contributed by atoms with Crippen molar-refractivity contribution in [2.45, 2.75) is 25.7 Å². The Balaban J connectivity index is 1.74. The maximum absolute atomic E-state index is 12.7. The monoisotopic (exact) mass is 367 g/mol. The van der Waals surface area contributed by atoms with Gasteiger partial charge in [0, 0.05) is 18.7 Å². The van der Waals surface area contributed by atoms with Gasteiger partial charge in [0.15, 0.2) is 6.61 Å². The summed E-state index contributed by atoms with van der Waals surface area (Å²) in [7, 11) is 0. The van der Waals surface area contributed by atoms with E-state index in [4.69, 9.17) is 10.5 Å². The van der Waals surface area contributed by atoms with E-state index in [0.717, 1.165) is 24.5 Å². The minimum Gasteiger partial charge on any atom is -0.484 e. The second-order valence-electron chi connectivity index (χ2n) is 6.66. The Morgan fingerprint density at radius 2 is 1.74 bits per heavy atom. The summed E-state index contributed by atoms with van der Waals surface area (Å²) in [4.78, 5) is 25.9. The molecule has 0 saturated carbocycles. The van der Waals surface area contributed by atoms with Crippen LogP contribution >= 0.6 is 0 Å². The number of hydrogen-bond donors (Lipinski definition) is 2. The van der Waals surface area contributed by atoms with E-state index in [1.54, 1.807) is 24.3 Å². The molecule has 27 heavy (non-hydrogen) atoms. The third kappa shape index (κ3) is 5.23. The molecule has 0 radical (unpaired) electrons. The Labute approximate surface area is 159 Å². The molecular formula is C21H25N3O3. The van der Waals surface area contributed by atoms with Gasteiger partial charge in [-0.3, -0.25) is 9.59 Å². The summed E-state index contributed by atoms with van der Waals surface area (Å²) in [6.07, 6.45) is 4.84. The first-order valence-corrected chi connectivity index (χ1v) is 9.30. The molecular weight excluding hydrogens is 342 g/mol. The van der Waals surface area contributed by atoms with Crippen LogP contribution in [-0.2, 0) is 4.79 Å². The first-order chi connectivity index (χ1) is 13.1. The van der Waals surface area contributed by atoms with Gasteiger partial charge in [-0.05, 0) is 43.2 Å². The van der Waals surface area contributed by atoms with Crippen LogP contribution in [0.5, 0.6) is 5.75 Å². The van der Waals surface area contributed by atoms with E-state index in [1.165, 1.54) is 25.7 Å². The zero-order valence-electron chi connectivity index (χ0n) is 15.3. The van der Waals surface area contributed by atoms with Gasteiger partial charge < -0.3 is 20.7 Å². The summed E-state index contributed by atoms with van der Waals surface area (Å²) in [5.41, 5.74) is 7.40. The number of nitrogens with one attached hydrogen (secondary N) is 1. The highest BCUT2D eigenvalue weighted by Gasteiger charge is 2.15. The lowest BCUT2D eigenvalue weighted by atomic mass is 10.1. The highest BCUT2D eigenvalue weighted by Crippen LogP contribution is 2.28. The topological polar surface area (TPSA) is 84.7 Å². The summed E-state index contributed by atoms with van der Waals surface area (Å²) in [6, 6.07) is 14.6. The van der Waals surface area contributed by atoms with Crippen LogP contribution in [0, 0.1) is 0 Å². The number of anilines is 2. The van der Waals surface area contributed by atoms with Gasteiger partial charge in [-0.15, -0.1) is 0 Å². The smallest absolute Gasteiger partial charge is 0.255 e. The molecule has 1 aliphatic rings. The molecule has 6 nitrogen and oxygen atoms in total. The number of carbonyl (C=O) groups excluding carboxylic acids is 2. The second kappa shape index (κ2) is 9.07. The van der Waals surface area contributed by atoms with Crippen molar-refractivity contribution in [1.82, 2.24) is 0 Å². The van der Waals surface area contributed by atoms with Crippen molar-refractivity contribution in [3.63, 3.8) is 0 Å². The van der Waals surface area contributed by atoms with Gasteiger partial charge in [-0.25, -0.2) is 0 Å². The summed E-state index contributed by atoms with van der Waals surface area (Å²) in [6.45, 7) is 1.79. The molecule has 1 heterocycles. The number of amides is 2. The lowest BCUT2D eigenvalue weighted by Gasteiger charge is -2.25. The lowest BCUT2D eigenvalue weighted by Crippen LogP contribution is -2.25. The first kappa shape index (κ1) is 18.8. The summed E-state index contributed by atoms with van der Waals surface area (Å²) >= 11 is 0. The van der Waals surface area contributed by atoms with E-state index in [2.05, 4.69) is 10.2 Å². The molecule has 2 aromatic carbocycles. The molecule has 3 N–H and O–H groups in total. The van der Waals surface area contributed by atoms with Crippen LogP contribution in [0.25, 0.3) is 0 Å². The predicted octanol–water partition coefficient (Wildman–Crippen LogP) is 3.18. The quantitative estimate of drug-likeness (QED) is 0.821. The lowest BCUT2D eigenvalue weighted by molar-refractivity contribution is -0.119. The molecule has 0 aromatic heterocycles. The number of nitrogens with zero attached hydrogens (tertiary/aromatic N) is 1. The average molecular weight is 367 g/mol.